The Morgan fingerprint density at radius 2 is 1.92 bits per heavy atom. The molecule has 3 N–H and O–H groups in total. The van der Waals surface area contributed by atoms with Crippen molar-refractivity contribution in [3.63, 3.8) is 0 Å². The van der Waals surface area contributed by atoms with Crippen LogP contribution in [-0.4, -0.2) is 36.5 Å². The van der Waals surface area contributed by atoms with Crippen LogP contribution in [0.15, 0.2) is 30.3 Å². The third kappa shape index (κ3) is 3.14. The average molecular weight is 368 g/mol. The average Bonchev–Trinajstić information content (AvgIpc) is 2.88. The number of aliphatic hydroxyl groups excluding tert-OH is 2. The first kappa shape index (κ1) is 18.8. The van der Waals surface area contributed by atoms with E-state index in [4.69, 9.17) is 0 Å². The van der Waals surface area contributed by atoms with Gasteiger partial charge >= 0.3 is 0 Å². The molecule has 1 aromatic rings. The molecule has 0 heterocycles. The predicted molar refractivity (Wildman–Crippen MR) is 97.3 cm³/mol. The minimum Gasteiger partial charge on any atom is -0.392 e. The molecule has 0 spiro atoms. The molecule has 1 aromatic carbocycles. The Hall–Kier alpha value is -0.950. The van der Waals surface area contributed by atoms with E-state index >= 15 is 0 Å². The van der Waals surface area contributed by atoms with Gasteiger partial charge in [0.05, 0.1) is 18.0 Å². The number of sulfonamides is 1. The van der Waals surface area contributed by atoms with Gasteiger partial charge in [-0.1, -0.05) is 44.2 Å². The molecule has 2 bridgehead atoms. The van der Waals surface area contributed by atoms with Gasteiger partial charge in [-0.3, -0.25) is 0 Å². The second kappa shape index (κ2) is 6.34. The Bertz CT molecular complexity index is 718. The molecule has 5 nitrogen and oxygen atoms in total. The van der Waals surface area contributed by atoms with E-state index in [-0.39, 0.29) is 11.2 Å². The van der Waals surface area contributed by atoms with Crippen molar-refractivity contribution in [2.45, 2.75) is 58.3 Å². The molecule has 0 saturated heterocycles. The standard InChI is InChI=1S/C19H29NO4S/c1-13(17(22)14-7-5-4-6-8-14)20-25(23,24)12-19-10-9-15(11-16(19)21)18(19,2)3/h4-8,13,15-17,20-22H,9-12H2,1-3H3. The highest BCUT2D eigenvalue weighted by molar-refractivity contribution is 7.89. The highest BCUT2D eigenvalue weighted by atomic mass is 32.2. The van der Waals surface area contributed by atoms with Crippen LogP contribution in [0.25, 0.3) is 0 Å². The van der Waals surface area contributed by atoms with E-state index in [9.17, 15) is 18.6 Å². The summed E-state index contributed by atoms with van der Waals surface area (Å²) in [5.74, 6) is 0.293. The number of fused-ring (bicyclic) bond motifs is 2. The zero-order valence-corrected chi connectivity index (χ0v) is 16.0. The highest BCUT2D eigenvalue weighted by Gasteiger charge is 2.65. The zero-order valence-electron chi connectivity index (χ0n) is 15.1. The van der Waals surface area contributed by atoms with Crippen LogP contribution in [-0.2, 0) is 10.0 Å². The van der Waals surface area contributed by atoms with E-state index in [1.807, 2.05) is 18.2 Å². The van der Waals surface area contributed by atoms with Crippen LogP contribution >= 0.6 is 0 Å². The molecule has 140 valence electrons. The molecule has 25 heavy (non-hydrogen) atoms. The summed E-state index contributed by atoms with van der Waals surface area (Å²) in [5, 5.41) is 21.0. The lowest BCUT2D eigenvalue weighted by molar-refractivity contribution is 0.0150. The summed E-state index contributed by atoms with van der Waals surface area (Å²) in [6.45, 7) is 5.83. The highest BCUT2D eigenvalue weighted by Crippen LogP contribution is 2.66. The maximum absolute atomic E-state index is 12.8. The lowest BCUT2D eigenvalue weighted by Gasteiger charge is -2.40. The van der Waals surface area contributed by atoms with Crippen LogP contribution in [0, 0.1) is 16.7 Å². The molecule has 2 aliphatic rings. The Morgan fingerprint density at radius 3 is 2.44 bits per heavy atom. The van der Waals surface area contributed by atoms with Crippen molar-refractivity contribution < 1.29 is 18.6 Å². The van der Waals surface area contributed by atoms with Gasteiger partial charge in [0.25, 0.3) is 0 Å². The number of rotatable bonds is 6. The Balaban J connectivity index is 1.74. The van der Waals surface area contributed by atoms with Crippen LogP contribution < -0.4 is 4.72 Å². The molecule has 3 rings (SSSR count). The molecule has 5 unspecified atom stereocenters. The summed E-state index contributed by atoms with van der Waals surface area (Å²) >= 11 is 0. The summed E-state index contributed by atoms with van der Waals surface area (Å²) in [7, 11) is -3.64. The first-order valence-corrected chi connectivity index (χ1v) is 10.7. The van der Waals surface area contributed by atoms with Gasteiger partial charge in [0, 0.05) is 11.5 Å². The van der Waals surface area contributed by atoms with Gasteiger partial charge < -0.3 is 10.2 Å². The van der Waals surface area contributed by atoms with E-state index in [1.165, 1.54) is 0 Å². The van der Waals surface area contributed by atoms with E-state index in [2.05, 4.69) is 18.6 Å². The third-order valence-corrected chi connectivity index (χ3v) is 8.44. The van der Waals surface area contributed by atoms with Crippen LogP contribution in [0.3, 0.4) is 0 Å². The van der Waals surface area contributed by atoms with E-state index in [1.54, 1.807) is 19.1 Å². The molecule has 6 heteroatoms. The number of nitrogens with one attached hydrogen (secondary N) is 1. The van der Waals surface area contributed by atoms with Crippen molar-refractivity contribution >= 4 is 10.0 Å². The van der Waals surface area contributed by atoms with Gasteiger partial charge in [0.15, 0.2) is 0 Å². The summed E-state index contributed by atoms with van der Waals surface area (Å²) in [5.41, 5.74) is -0.110. The molecule has 2 saturated carbocycles. The van der Waals surface area contributed by atoms with Gasteiger partial charge in [0.1, 0.15) is 0 Å². The molecule has 0 amide bonds. The second-order valence-corrected chi connectivity index (χ2v) is 10.1. The van der Waals surface area contributed by atoms with Crippen LogP contribution in [0.5, 0.6) is 0 Å². The first-order chi connectivity index (χ1) is 11.6. The maximum Gasteiger partial charge on any atom is 0.212 e. The second-order valence-electron chi connectivity index (χ2n) is 8.39. The quantitative estimate of drug-likeness (QED) is 0.719. The molecular weight excluding hydrogens is 338 g/mol. The monoisotopic (exact) mass is 367 g/mol. The van der Waals surface area contributed by atoms with Crippen molar-refractivity contribution in [2.75, 3.05) is 5.75 Å². The summed E-state index contributed by atoms with van der Waals surface area (Å²) in [6.07, 6.45) is 0.910. The Kier molecular flexibility index (Phi) is 4.77. The van der Waals surface area contributed by atoms with Crippen molar-refractivity contribution in [2.24, 2.45) is 16.7 Å². The minimum atomic E-state index is -3.64. The topological polar surface area (TPSA) is 86.6 Å². The minimum absolute atomic E-state index is 0.0868. The lowest BCUT2D eigenvalue weighted by atomic mass is 9.70. The van der Waals surface area contributed by atoms with Crippen molar-refractivity contribution in [3.05, 3.63) is 35.9 Å². The number of hydrogen-bond acceptors (Lipinski definition) is 4. The molecule has 0 aliphatic heterocycles. The maximum atomic E-state index is 12.8. The smallest absolute Gasteiger partial charge is 0.212 e. The number of aliphatic hydroxyl groups is 2. The molecular formula is C19H29NO4S. The van der Waals surface area contributed by atoms with Gasteiger partial charge in [-0.2, -0.15) is 0 Å². The van der Waals surface area contributed by atoms with Crippen molar-refractivity contribution in [3.8, 4) is 0 Å². The number of hydrogen-bond donors (Lipinski definition) is 3. The fraction of sp³-hybridized carbons (Fsp3) is 0.684. The fourth-order valence-electron chi connectivity index (χ4n) is 5.05. The first-order valence-electron chi connectivity index (χ1n) is 9.00. The van der Waals surface area contributed by atoms with Gasteiger partial charge in [0.2, 0.25) is 10.0 Å². The fourth-order valence-corrected chi connectivity index (χ4v) is 7.21. The van der Waals surface area contributed by atoms with Crippen LogP contribution in [0.2, 0.25) is 0 Å². The third-order valence-electron chi connectivity index (χ3n) is 6.82. The van der Waals surface area contributed by atoms with Gasteiger partial charge in [-0.25, -0.2) is 13.1 Å². The van der Waals surface area contributed by atoms with Gasteiger partial charge in [-0.05, 0) is 43.1 Å². The molecule has 2 aliphatic carbocycles. The predicted octanol–water partition coefficient (Wildman–Crippen LogP) is 2.22. The van der Waals surface area contributed by atoms with Gasteiger partial charge in [-0.15, -0.1) is 0 Å². The van der Waals surface area contributed by atoms with E-state index in [0.29, 0.717) is 17.9 Å². The van der Waals surface area contributed by atoms with E-state index in [0.717, 1.165) is 12.8 Å². The molecule has 0 radical (unpaired) electrons. The summed E-state index contributed by atoms with van der Waals surface area (Å²) < 4.78 is 28.3. The largest absolute Gasteiger partial charge is 0.392 e. The molecule has 2 fully saturated rings. The number of benzene rings is 1. The van der Waals surface area contributed by atoms with Crippen molar-refractivity contribution in [1.82, 2.24) is 4.72 Å². The van der Waals surface area contributed by atoms with Crippen LogP contribution in [0.1, 0.15) is 51.7 Å². The summed E-state index contributed by atoms with van der Waals surface area (Å²) in [4.78, 5) is 0. The molecule has 0 aromatic heterocycles. The SMILES string of the molecule is CC(NS(=O)(=O)CC12CCC(CC1O)C2(C)C)C(O)c1ccccc1. The Morgan fingerprint density at radius 1 is 1.28 bits per heavy atom. The van der Waals surface area contributed by atoms with Crippen LogP contribution in [0.4, 0.5) is 0 Å². The zero-order chi connectivity index (χ0) is 18.5. The van der Waals surface area contributed by atoms with E-state index < -0.39 is 33.7 Å². The summed E-state index contributed by atoms with van der Waals surface area (Å²) in [6, 6.07) is 8.40. The Labute approximate surface area is 150 Å². The lowest BCUT2D eigenvalue weighted by Crippen LogP contribution is -2.49. The molecule has 5 atom stereocenters. The van der Waals surface area contributed by atoms with Crippen molar-refractivity contribution in [1.29, 1.82) is 0 Å². The normalized spacial score (nSPS) is 33.3.